The normalized spacial score (nSPS) is 14.4. The van der Waals surface area contributed by atoms with Gasteiger partial charge in [0.15, 0.2) is 5.60 Å². The molecule has 0 bridgehead atoms. The first-order valence-electron chi connectivity index (χ1n) is 12.6. The zero-order valence-electron chi connectivity index (χ0n) is 22.5. The Morgan fingerprint density at radius 3 is 2.24 bits per heavy atom. The summed E-state index contributed by atoms with van der Waals surface area (Å²) in [7, 11) is 0. The van der Waals surface area contributed by atoms with Crippen LogP contribution in [0.4, 0.5) is 13.2 Å². The van der Waals surface area contributed by atoms with Crippen LogP contribution in [-0.4, -0.2) is 28.3 Å². The summed E-state index contributed by atoms with van der Waals surface area (Å²) in [6.45, 7) is 11.8. The van der Waals surface area contributed by atoms with Gasteiger partial charge in [0.2, 0.25) is 0 Å². The van der Waals surface area contributed by atoms with Gasteiger partial charge in [-0.1, -0.05) is 39.0 Å². The SMILES string of the molecule is CCOC(CC)(Cc1ccc(OC(c2sc(-c3ccc(C(F)(F)F)cc3)nc2C)C(C)C)cc1C)C(=O)O. The van der Waals surface area contributed by atoms with E-state index < -0.39 is 23.3 Å². The van der Waals surface area contributed by atoms with Crippen LogP contribution in [-0.2, 0) is 22.1 Å². The number of aliphatic carboxylic acids is 1. The predicted octanol–water partition coefficient (Wildman–Crippen LogP) is 8.03. The maximum absolute atomic E-state index is 13.0. The van der Waals surface area contributed by atoms with Crippen molar-refractivity contribution in [2.45, 2.75) is 72.3 Å². The molecule has 0 aliphatic heterocycles. The van der Waals surface area contributed by atoms with Crippen molar-refractivity contribution >= 4 is 17.3 Å². The largest absolute Gasteiger partial charge is 0.485 e. The summed E-state index contributed by atoms with van der Waals surface area (Å²) in [6.07, 6.45) is -4.12. The molecule has 9 heteroatoms. The van der Waals surface area contributed by atoms with Gasteiger partial charge in [-0.3, -0.25) is 0 Å². The highest BCUT2D eigenvalue weighted by molar-refractivity contribution is 7.15. The van der Waals surface area contributed by atoms with Crippen molar-refractivity contribution in [1.29, 1.82) is 0 Å². The van der Waals surface area contributed by atoms with Gasteiger partial charge in [-0.15, -0.1) is 11.3 Å². The first-order valence-corrected chi connectivity index (χ1v) is 13.4. The van der Waals surface area contributed by atoms with E-state index in [2.05, 4.69) is 4.98 Å². The molecule has 38 heavy (non-hydrogen) atoms. The molecule has 2 unspecified atom stereocenters. The minimum atomic E-state index is -4.39. The lowest BCUT2D eigenvalue weighted by Gasteiger charge is -2.29. The van der Waals surface area contributed by atoms with Crippen LogP contribution in [0.15, 0.2) is 42.5 Å². The lowest BCUT2D eigenvalue weighted by Crippen LogP contribution is -2.43. The number of ether oxygens (including phenoxy) is 2. The molecule has 0 saturated carbocycles. The number of thiazole rings is 1. The van der Waals surface area contributed by atoms with Crippen LogP contribution in [0.3, 0.4) is 0 Å². The monoisotopic (exact) mass is 549 g/mol. The summed E-state index contributed by atoms with van der Waals surface area (Å²) in [5, 5.41) is 10.5. The van der Waals surface area contributed by atoms with Crippen LogP contribution in [0, 0.1) is 19.8 Å². The summed E-state index contributed by atoms with van der Waals surface area (Å²) in [5.74, 6) is -0.249. The molecule has 0 spiro atoms. The summed E-state index contributed by atoms with van der Waals surface area (Å²) in [6, 6.07) is 10.6. The molecule has 0 saturated heterocycles. The molecule has 0 amide bonds. The van der Waals surface area contributed by atoms with Gasteiger partial charge in [0.1, 0.15) is 16.9 Å². The van der Waals surface area contributed by atoms with Gasteiger partial charge in [0.25, 0.3) is 0 Å². The molecular weight excluding hydrogens is 515 g/mol. The number of nitrogens with zero attached hydrogens (tertiary/aromatic N) is 1. The van der Waals surface area contributed by atoms with Crippen LogP contribution in [0.1, 0.15) is 67.5 Å². The standard InChI is InChI=1S/C29H34F3NO4S/c1-7-28(27(34)35,36-8-2)16-21-11-14-23(15-18(21)5)37-24(17(3)4)25-19(6)33-26(38-25)20-9-12-22(13-10-20)29(30,31)32/h9-15,17,24H,7-8,16H2,1-6H3,(H,34,35). The van der Waals surface area contributed by atoms with Crippen LogP contribution in [0.5, 0.6) is 5.75 Å². The first kappa shape index (κ1) is 29.6. The molecule has 1 heterocycles. The third kappa shape index (κ3) is 6.56. The molecule has 0 aliphatic carbocycles. The molecule has 0 radical (unpaired) electrons. The zero-order valence-corrected chi connectivity index (χ0v) is 23.3. The van der Waals surface area contributed by atoms with E-state index in [1.807, 2.05) is 45.9 Å². The Morgan fingerprint density at radius 2 is 1.74 bits per heavy atom. The first-order chi connectivity index (χ1) is 17.8. The number of carbonyl (C=O) groups is 1. The van der Waals surface area contributed by atoms with Crippen molar-refractivity contribution in [3.63, 3.8) is 0 Å². The predicted molar refractivity (Wildman–Crippen MR) is 143 cm³/mol. The molecule has 3 rings (SSSR count). The maximum atomic E-state index is 13.0. The van der Waals surface area contributed by atoms with Crippen molar-refractivity contribution in [2.75, 3.05) is 6.61 Å². The van der Waals surface area contributed by atoms with E-state index >= 15 is 0 Å². The number of halogens is 3. The number of hydrogen-bond donors (Lipinski definition) is 1. The number of alkyl halides is 3. The molecule has 3 aromatic rings. The van der Waals surface area contributed by atoms with Gasteiger partial charge in [0.05, 0.1) is 16.1 Å². The van der Waals surface area contributed by atoms with Crippen LogP contribution in [0.2, 0.25) is 0 Å². The van der Waals surface area contributed by atoms with E-state index in [4.69, 9.17) is 9.47 Å². The molecule has 5 nitrogen and oxygen atoms in total. The van der Waals surface area contributed by atoms with E-state index in [1.54, 1.807) is 13.8 Å². The molecule has 1 aromatic heterocycles. The topological polar surface area (TPSA) is 68.7 Å². The molecule has 206 valence electrons. The Kier molecular flexibility index (Phi) is 9.26. The smallest absolute Gasteiger partial charge is 0.416 e. The number of benzene rings is 2. The molecule has 2 aromatic carbocycles. The quantitative estimate of drug-likeness (QED) is 0.262. The molecule has 0 fully saturated rings. The average molecular weight is 550 g/mol. The fourth-order valence-electron chi connectivity index (χ4n) is 4.33. The summed E-state index contributed by atoms with van der Waals surface area (Å²) < 4.78 is 50.9. The number of hydrogen-bond acceptors (Lipinski definition) is 5. The van der Waals surface area contributed by atoms with E-state index in [0.717, 1.165) is 33.8 Å². The minimum Gasteiger partial charge on any atom is -0.485 e. The molecule has 1 N–H and O–H groups in total. The van der Waals surface area contributed by atoms with Crippen LogP contribution >= 0.6 is 11.3 Å². The van der Waals surface area contributed by atoms with Crippen molar-refractivity contribution < 1.29 is 32.5 Å². The minimum absolute atomic E-state index is 0.0901. The highest BCUT2D eigenvalue weighted by atomic mass is 32.1. The highest BCUT2D eigenvalue weighted by Crippen LogP contribution is 2.39. The lowest BCUT2D eigenvalue weighted by molar-refractivity contribution is -0.166. The third-order valence-corrected chi connectivity index (χ3v) is 7.86. The van der Waals surface area contributed by atoms with Crippen molar-refractivity contribution in [3.8, 4) is 16.3 Å². The van der Waals surface area contributed by atoms with E-state index in [1.165, 1.54) is 23.5 Å². The number of rotatable bonds is 11. The van der Waals surface area contributed by atoms with Gasteiger partial charge in [-0.25, -0.2) is 9.78 Å². The molecule has 0 aliphatic rings. The van der Waals surface area contributed by atoms with Gasteiger partial charge in [-0.05, 0) is 68.5 Å². The highest BCUT2D eigenvalue weighted by Gasteiger charge is 2.38. The number of carboxylic acid groups (broad SMARTS) is 1. The Bertz CT molecular complexity index is 1250. The van der Waals surface area contributed by atoms with Gasteiger partial charge < -0.3 is 14.6 Å². The van der Waals surface area contributed by atoms with Gasteiger partial charge in [-0.2, -0.15) is 13.2 Å². The second kappa shape index (κ2) is 11.9. The van der Waals surface area contributed by atoms with E-state index in [-0.39, 0.29) is 18.4 Å². The average Bonchev–Trinajstić information content (AvgIpc) is 3.23. The molecule has 2 atom stereocenters. The Labute approximate surface area is 225 Å². The number of aromatic nitrogens is 1. The zero-order chi connectivity index (χ0) is 28.3. The van der Waals surface area contributed by atoms with Crippen LogP contribution < -0.4 is 4.74 Å². The summed E-state index contributed by atoms with van der Waals surface area (Å²) in [5.41, 5.74) is 1.18. The van der Waals surface area contributed by atoms with Crippen molar-refractivity contribution in [2.24, 2.45) is 5.92 Å². The second-order valence-electron chi connectivity index (χ2n) is 9.68. The summed E-state index contributed by atoms with van der Waals surface area (Å²) in [4.78, 5) is 17.5. The fraction of sp³-hybridized carbons (Fsp3) is 0.448. The van der Waals surface area contributed by atoms with Gasteiger partial charge in [0, 0.05) is 18.6 Å². The van der Waals surface area contributed by atoms with Crippen LogP contribution in [0.25, 0.3) is 10.6 Å². The van der Waals surface area contributed by atoms with Gasteiger partial charge >= 0.3 is 12.1 Å². The molecular formula is C29H34F3NO4S. The lowest BCUT2D eigenvalue weighted by atomic mass is 9.89. The summed E-state index contributed by atoms with van der Waals surface area (Å²) >= 11 is 1.41. The Balaban J connectivity index is 1.86. The Hall–Kier alpha value is -2.91. The van der Waals surface area contributed by atoms with E-state index in [9.17, 15) is 23.1 Å². The Morgan fingerprint density at radius 1 is 1.08 bits per heavy atom. The van der Waals surface area contributed by atoms with Crippen molar-refractivity contribution in [1.82, 2.24) is 4.98 Å². The van der Waals surface area contributed by atoms with Crippen molar-refractivity contribution in [3.05, 3.63) is 69.7 Å². The van der Waals surface area contributed by atoms with E-state index in [0.29, 0.717) is 29.3 Å². The number of aryl methyl sites for hydroxylation is 2. The third-order valence-electron chi connectivity index (χ3n) is 6.59. The number of carboxylic acids is 1. The maximum Gasteiger partial charge on any atom is 0.416 e. The fourth-order valence-corrected chi connectivity index (χ4v) is 5.60. The second-order valence-corrected chi connectivity index (χ2v) is 10.7.